The molecule has 0 fully saturated rings. The lowest BCUT2D eigenvalue weighted by Crippen LogP contribution is -2.42. The van der Waals surface area contributed by atoms with Gasteiger partial charge in [0.15, 0.2) is 8.32 Å². The fraction of sp³-hybridized carbons (Fsp3) is 0.875. The van der Waals surface area contributed by atoms with Gasteiger partial charge in [-0.15, -0.1) is 0 Å². The second-order valence-corrected chi connectivity index (χ2v) is 12.5. The molecule has 0 spiro atoms. The summed E-state index contributed by atoms with van der Waals surface area (Å²) in [4.78, 5) is 0. The zero-order valence-electron chi connectivity index (χ0n) is 14.2. The monoisotopic (exact) mass is 286 g/mol. The van der Waals surface area contributed by atoms with Gasteiger partial charge >= 0.3 is 0 Å². The molecule has 0 aliphatic carbocycles. The Hall–Kier alpha value is -0.123. The molecule has 0 aliphatic heterocycles. The molecule has 0 radical (unpaired) electrons. The van der Waals surface area contributed by atoms with Crippen LogP contribution in [0, 0.1) is 11.8 Å². The molecule has 0 rings (SSSR count). The highest BCUT2D eigenvalue weighted by atomic mass is 28.4. The average molecular weight is 287 g/mol. The fourth-order valence-electron chi connectivity index (χ4n) is 1.37. The maximum absolute atomic E-state index is 9.91. The molecule has 0 unspecified atom stereocenters. The summed E-state index contributed by atoms with van der Waals surface area (Å²) < 4.78 is 6.22. The summed E-state index contributed by atoms with van der Waals surface area (Å²) in [6, 6.07) is 0. The molecule has 0 bridgehead atoms. The van der Waals surface area contributed by atoms with Gasteiger partial charge in [-0.25, -0.2) is 0 Å². The minimum Gasteiger partial charge on any atom is -0.416 e. The molecule has 2 nitrogen and oxygen atoms in total. The summed E-state index contributed by atoms with van der Waals surface area (Å²) in [5.41, 5.74) is 1.10. The van der Waals surface area contributed by atoms with Crippen molar-refractivity contribution in [2.75, 3.05) is 6.61 Å². The van der Waals surface area contributed by atoms with E-state index in [9.17, 15) is 5.11 Å². The molecule has 0 saturated carbocycles. The summed E-state index contributed by atoms with van der Waals surface area (Å²) in [7, 11) is -1.68. The topological polar surface area (TPSA) is 29.5 Å². The molecular formula is C16H34O2Si. The second kappa shape index (κ2) is 7.05. The molecule has 0 amide bonds. The predicted molar refractivity (Wildman–Crippen MR) is 86.9 cm³/mol. The van der Waals surface area contributed by atoms with E-state index in [2.05, 4.69) is 47.4 Å². The highest BCUT2D eigenvalue weighted by Gasteiger charge is 2.37. The summed E-state index contributed by atoms with van der Waals surface area (Å²) in [6.07, 6.45) is 0.391. The fourth-order valence-corrected chi connectivity index (χ4v) is 2.47. The van der Waals surface area contributed by atoms with Crippen molar-refractivity contribution in [2.45, 2.75) is 72.2 Å². The first-order valence-electron chi connectivity index (χ1n) is 7.38. The summed E-state index contributed by atoms with van der Waals surface area (Å²) in [5.74, 6) is 0.591. The zero-order chi connectivity index (χ0) is 15.4. The average Bonchev–Trinajstić information content (AvgIpc) is 2.23. The largest absolute Gasteiger partial charge is 0.416 e. The van der Waals surface area contributed by atoms with Crippen LogP contribution in [0.4, 0.5) is 0 Å². The van der Waals surface area contributed by atoms with Gasteiger partial charge in [0, 0.05) is 6.61 Å². The summed E-state index contributed by atoms with van der Waals surface area (Å²) in [5, 5.41) is 10.2. The van der Waals surface area contributed by atoms with Crippen molar-refractivity contribution in [1.82, 2.24) is 0 Å². The number of aliphatic hydroxyl groups excluding tert-OH is 1. The zero-order valence-corrected chi connectivity index (χ0v) is 15.2. The van der Waals surface area contributed by atoms with Crippen molar-refractivity contribution in [3.63, 3.8) is 0 Å². The van der Waals surface area contributed by atoms with Gasteiger partial charge in [0.1, 0.15) is 0 Å². The van der Waals surface area contributed by atoms with Crippen molar-refractivity contribution in [1.29, 1.82) is 0 Å². The Balaban J connectivity index is 4.32. The molecule has 1 N–H and O–H groups in total. The molecular weight excluding hydrogens is 252 g/mol. The van der Waals surface area contributed by atoms with Gasteiger partial charge in [-0.1, -0.05) is 53.7 Å². The van der Waals surface area contributed by atoms with Gasteiger partial charge in [0.2, 0.25) is 0 Å². The molecule has 0 aromatic carbocycles. The number of aliphatic hydroxyl groups is 1. The van der Waals surface area contributed by atoms with E-state index in [-0.39, 0.29) is 17.1 Å². The minimum atomic E-state index is -1.68. The van der Waals surface area contributed by atoms with Gasteiger partial charge < -0.3 is 9.53 Å². The van der Waals surface area contributed by atoms with Gasteiger partial charge in [-0.2, -0.15) is 0 Å². The lowest BCUT2D eigenvalue weighted by atomic mass is 9.93. The van der Waals surface area contributed by atoms with Crippen molar-refractivity contribution in [3.8, 4) is 0 Å². The molecule has 0 saturated heterocycles. The first-order valence-corrected chi connectivity index (χ1v) is 10.3. The Morgan fingerprint density at radius 2 is 1.68 bits per heavy atom. The van der Waals surface area contributed by atoms with E-state index in [0.29, 0.717) is 12.3 Å². The second-order valence-electron chi connectivity index (χ2n) is 7.65. The standard InChI is InChI=1S/C16H34O2Si/c1-12(2)15(17)10-13(3)14(4)11-18-19(8,9)16(5,6)7/h12,14-15,17H,3,10-11H2,1-2,4-9H3/t14-,15+/m0/s1. The van der Waals surface area contributed by atoms with Crippen molar-refractivity contribution < 1.29 is 9.53 Å². The van der Waals surface area contributed by atoms with E-state index in [1.54, 1.807) is 0 Å². The predicted octanol–water partition coefficient (Wildman–Crippen LogP) is 4.61. The molecule has 19 heavy (non-hydrogen) atoms. The van der Waals surface area contributed by atoms with E-state index in [1.165, 1.54) is 0 Å². The Labute approximate surface area is 121 Å². The molecule has 3 heteroatoms. The SMILES string of the molecule is C=C(C[C@@H](O)C(C)C)[C@@H](C)CO[Si](C)(C)C(C)(C)C. The van der Waals surface area contributed by atoms with Crippen molar-refractivity contribution >= 4 is 8.32 Å². The summed E-state index contributed by atoms with van der Waals surface area (Å²) in [6.45, 7) is 22.3. The van der Waals surface area contributed by atoms with Crippen LogP contribution >= 0.6 is 0 Å². The van der Waals surface area contributed by atoms with Crippen LogP contribution in [-0.4, -0.2) is 26.1 Å². The maximum atomic E-state index is 9.91. The Morgan fingerprint density at radius 3 is 2.05 bits per heavy atom. The first-order chi connectivity index (χ1) is 8.38. The van der Waals surface area contributed by atoms with Gasteiger partial charge in [0.25, 0.3) is 0 Å². The van der Waals surface area contributed by atoms with Crippen molar-refractivity contribution in [2.24, 2.45) is 11.8 Å². The van der Waals surface area contributed by atoms with Crippen molar-refractivity contribution in [3.05, 3.63) is 12.2 Å². The van der Waals surface area contributed by atoms with Crippen LogP contribution in [-0.2, 0) is 4.43 Å². The van der Waals surface area contributed by atoms with E-state index >= 15 is 0 Å². The minimum absolute atomic E-state index is 0.242. The van der Waals surface area contributed by atoms with Crippen LogP contribution in [0.1, 0.15) is 48.0 Å². The highest BCUT2D eigenvalue weighted by Crippen LogP contribution is 2.37. The van der Waals surface area contributed by atoms with Crippen LogP contribution in [0.3, 0.4) is 0 Å². The molecule has 114 valence electrons. The van der Waals surface area contributed by atoms with E-state index in [0.717, 1.165) is 12.2 Å². The number of rotatable bonds is 7. The van der Waals surface area contributed by atoms with E-state index < -0.39 is 8.32 Å². The normalized spacial score (nSPS) is 16.5. The van der Waals surface area contributed by atoms with Gasteiger partial charge in [-0.3, -0.25) is 0 Å². The molecule has 0 aromatic rings. The van der Waals surface area contributed by atoms with E-state index in [4.69, 9.17) is 4.43 Å². The molecule has 0 aliphatic rings. The third kappa shape index (κ3) is 6.24. The smallest absolute Gasteiger partial charge is 0.192 e. The quantitative estimate of drug-likeness (QED) is 0.547. The van der Waals surface area contributed by atoms with Crippen LogP contribution in [0.2, 0.25) is 18.1 Å². The lowest BCUT2D eigenvalue weighted by molar-refractivity contribution is 0.121. The third-order valence-corrected chi connectivity index (χ3v) is 8.94. The number of hydrogen-bond acceptors (Lipinski definition) is 2. The van der Waals surface area contributed by atoms with E-state index in [1.807, 2.05) is 13.8 Å². The summed E-state index contributed by atoms with van der Waals surface area (Å²) >= 11 is 0. The molecule has 2 atom stereocenters. The molecule has 0 aromatic heterocycles. The maximum Gasteiger partial charge on any atom is 0.192 e. The molecule has 0 heterocycles. The third-order valence-electron chi connectivity index (χ3n) is 4.44. The Kier molecular flexibility index (Phi) is 7.00. The van der Waals surface area contributed by atoms with Crippen LogP contribution in [0.5, 0.6) is 0 Å². The van der Waals surface area contributed by atoms with Gasteiger partial charge in [0.05, 0.1) is 6.10 Å². The Bertz CT molecular complexity index is 290. The highest BCUT2D eigenvalue weighted by molar-refractivity contribution is 6.74. The number of hydrogen-bond donors (Lipinski definition) is 1. The van der Waals surface area contributed by atoms with Gasteiger partial charge in [-0.05, 0) is 36.4 Å². The first kappa shape index (κ1) is 18.9. The Morgan fingerprint density at radius 1 is 1.21 bits per heavy atom. The van der Waals surface area contributed by atoms with Crippen LogP contribution in [0.15, 0.2) is 12.2 Å². The van der Waals surface area contributed by atoms with Crippen LogP contribution in [0.25, 0.3) is 0 Å². The lowest BCUT2D eigenvalue weighted by Gasteiger charge is -2.37. The van der Waals surface area contributed by atoms with Crippen LogP contribution < -0.4 is 0 Å².